The number of ether oxygens (including phenoxy) is 1. The van der Waals surface area contributed by atoms with E-state index in [1.165, 1.54) is 0 Å². The van der Waals surface area contributed by atoms with Crippen molar-refractivity contribution in [3.05, 3.63) is 29.3 Å². The predicted octanol–water partition coefficient (Wildman–Crippen LogP) is 1.07. The number of rotatable bonds is 4. The summed E-state index contributed by atoms with van der Waals surface area (Å²) in [4.78, 5) is 11.3. The second-order valence-corrected chi connectivity index (χ2v) is 4.49. The second kappa shape index (κ2) is 6.21. The first kappa shape index (κ1) is 13.4. The average Bonchev–Trinajstić information content (AvgIpc) is 2.43. The van der Waals surface area contributed by atoms with Gasteiger partial charge in [-0.05, 0) is 42.5 Å². The van der Waals surface area contributed by atoms with Crippen LogP contribution in [0.1, 0.15) is 30.1 Å². The third-order valence-corrected chi connectivity index (χ3v) is 3.13. The third kappa shape index (κ3) is 3.46. The van der Waals surface area contributed by atoms with Gasteiger partial charge in [-0.1, -0.05) is 6.07 Å². The van der Waals surface area contributed by atoms with Crippen molar-refractivity contribution in [3.8, 4) is 11.8 Å². The van der Waals surface area contributed by atoms with Crippen molar-refractivity contribution >= 4 is 5.91 Å². The molecule has 0 fully saturated rings. The molecule has 1 amide bonds. The molecule has 19 heavy (non-hydrogen) atoms. The standard InChI is InChI=1S/C14H16N2O3/c15-6-7-16-14(18)9-19-11-5-4-10-2-1-3-13(17)12(10)8-11/h4-5,8,13,17H,1-3,7,9H2,(H,16,18)/t13-/m1/s1. The summed E-state index contributed by atoms with van der Waals surface area (Å²) in [6.07, 6.45) is 2.28. The van der Waals surface area contributed by atoms with Crippen molar-refractivity contribution in [2.24, 2.45) is 0 Å². The maximum absolute atomic E-state index is 11.3. The molecule has 1 aromatic carbocycles. The molecule has 0 saturated carbocycles. The Morgan fingerprint density at radius 3 is 3.21 bits per heavy atom. The molecule has 5 nitrogen and oxygen atoms in total. The zero-order valence-corrected chi connectivity index (χ0v) is 10.6. The number of benzene rings is 1. The second-order valence-electron chi connectivity index (χ2n) is 4.49. The lowest BCUT2D eigenvalue weighted by Crippen LogP contribution is -2.29. The summed E-state index contributed by atoms with van der Waals surface area (Å²) in [6.45, 7) is -0.151. The Morgan fingerprint density at radius 1 is 1.58 bits per heavy atom. The molecule has 1 atom stereocenters. The van der Waals surface area contributed by atoms with Crippen molar-refractivity contribution in [3.63, 3.8) is 0 Å². The molecule has 1 aliphatic rings. The van der Waals surface area contributed by atoms with Crippen LogP contribution in [0.2, 0.25) is 0 Å². The van der Waals surface area contributed by atoms with Crippen LogP contribution >= 0.6 is 0 Å². The summed E-state index contributed by atoms with van der Waals surface area (Å²) in [5, 5.41) is 20.6. The maximum Gasteiger partial charge on any atom is 0.258 e. The van der Waals surface area contributed by atoms with E-state index in [2.05, 4.69) is 5.32 Å². The smallest absolute Gasteiger partial charge is 0.258 e. The first-order valence-electron chi connectivity index (χ1n) is 6.28. The molecule has 100 valence electrons. The van der Waals surface area contributed by atoms with Gasteiger partial charge in [-0.3, -0.25) is 4.79 Å². The fraction of sp³-hybridized carbons (Fsp3) is 0.429. The SMILES string of the molecule is N#CCNC(=O)COc1ccc2c(c1)[C@H](O)CCC2. The number of amides is 1. The summed E-state index contributed by atoms with van der Waals surface area (Å²) in [6, 6.07) is 7.34. The van der Waals surface area contributed by atoms with E-state index in [4.69, 9.17) is 10.00 Å². The third-order valence-electron chi connectivity index (χ3n) is 3.13. The Hall–Kier alpha value is -2.06. The van der Waals surface area contributed by atoms with E-state index in [9.17, 15) is 9.90 Å². The Kier molecular flexibility index (Phi) is 4.37. The minimum atomic E-state index is -0.445. The van der Waals surface area contributed by atoms with Crippen LogP contribution in [0, 0.1) is 11.3 Å². The lowest BCUT2D eigenvalue weighted by molar-refractivity contribution is -0.122. The molecule has 2 N–H and O–H groups in total. The Bertz CT molecular complexity index is 508. The maximum atomic E-state index is 11.3. The molecule has 0 aliphatic heterocycles. The monoisotopic (exact) mass is 260 g/mol. The molecule has 0 spiro atoms. The van der Waals surface area contributed by atoms with E-state index in [1.54, 1.807) is 12.1 Å². The zero-order chi connectivity index (χ0) is 13.7. The van der Waals surface area contributed by atoms with Gasteiger partial charge in [0.05, 0.1) is 12.2 Å². The summed E-state index contributed by atoms with van der Waals surface area (Å²) in [7, 11) is 0. The number of nitrogens with zero attached hydrogens (tertiary/aromatic N) is 1. The molecular weight excluding hydrogens is 244 g/mol. The molecule has 2 rings (SSSR count). The van der Waals surface area contributed by atoms with E-state index in [0.29, 0.717) is 5.75 Å². The van der Waals surface area contributed by atoms with Gasteiger partial charge in [0.1, 0.15) is 12.3 Å². The van der Waals surface area contributed by atoms with Crippen molar-refractivity contribution < 1.29 is 14.6 Å². The first-order valence-corrected chi connectivity index (χ1v) is 6.28. The Labute approximate surface area is 111 Å². The molecule has 0 heterocycles. The van der Waals surface area contributed by atoms with E-state index in [0.717, 1.165) is 30.4 Å². The van der Waals surface area contributed by atoms with E-state index in [-0.39, 0.29) is 19.1 Å². The van der Waals surface area contributed by atoms with E-state index >= 15 is 0 Å². The number of nitriles is 1. The van der Waals surface area contributed by atoms with Crippen LogP contribution in [0.3, 0.4) is 0 Å². The average molecular weight is 260 g/mol. The van der Waals surface area contributed by atoms with Crippen LogP contribution in [0.5, 0.6) is 5.75 Å². The van der Waals surface area contributed by atoms with Crippen molar-refractivity contribution in [2.75, 3.05) is 13.2 Å². The number of fused-ring (bicyclic) bond motifs is 1. The topological polar surface area (TPSA) is 82.4 Å². The van der Waals surface area contributed by atoms with E-state index < -0.39 is 6.10 Å². The number of carbonyl (C=O) groups excluding carboxylic acids is 1. The highest BCUT2D eigenvalue weighted by atomic mass is 16.5. The van der Waals surface area contributed by atoms with Gasteiger partial charge >= 0.3 is 0 Å². The van der Waals surface area contributed by atoms with Crippen LogP contribution in [-0.2, 0) is 11.2 Å². The zero-order valence-electron chi connectivity index (χ0n) is 10.6. The van der Waals surface area contributed by atoms with Crippen LogP contribution < -0.4 is 10.1 Å². The van der Waals surface area contributed by atoms with Gasteiger partial charge in [-0.25, -0.2) is 0 Å². The quantitative estimate of drug-likeness (QED) is 0.793. The van der Waals surface area contributed by atoms with Crippen LogP contribution in [0.15, 0.2) is 18.2 Å². The van der Waals surface area contributed by atoms with Gasteiger partial charge in [0, 0.05) is 0 Å². The number of hydrogen-bond donors (Lipinski definition) is 2. The summed E-state index contributed by atoms with van der Waals surface area (Å²) in [5.41, 5.74) is 2.03. The number of carbonyl (C=O) groups is 1. The van der Waals surface area contributed by atoms with Gasteiger partial charge in [-0.15, -0.1) is 0 Å². The number of aliphatic hydroxyl groups is 1. The Balaban J connectivity index is 1.97. The van der Waals surface area contributed by atoms with Crippen molar-refractivity contribution in [1.82, 2.24) is 5.32 Å². The predicted molar refractivity (Wildman–Crippen MR) is 68.5 cm³/mol. The summed E-state index contributed by atoms with van der Waals surface area (Å²) < 4.78 is 5.35. The molecular formula is C14H16N2O3. The summed E-state index contributed by atoms with van der Waals surface area (Å²) >= 11 is 0. The number of hydrogen-bond acceptors (Lipinski definition) is 4. The lowest BCUT2D eigenvalue weighted by Gasteiger charge is -2.21. The molecule has 1 aromatic rings. The highest BCUT2D eigenvalue weighted by Gasteiger charge is 2.18. The number of aryl methyl sites for hydroxylation is 1. The van der Waals surface area contributed by atoms with Crippen LogP contribution in [0.25, 0.3) is 0 Å². The molecule has 0 bridgehead atoms. The molecule has 0 unspecified atom stereocenters. The lowest BCUT2D eigenvalue weighted by atomic mass is 9.89. The molecule has 1 aliphatic carbocycles. The minimum absolute atomic E-state index is 0.0227. The van der Waals surface area contributed by atoms with Gasteiger partial charge in [0.25, 0.3) is 5.91 Å². The summed E-state index contributed by atoms with van der Waals surface area (Å²) in [5.74, 6) is 0.228. The largest absolute Gasteiger partial charge is 0.484 e. The fourth-order valence-corrected chi connectivity index (χ4v) is 2.18. The van der Waals surface area contributed by atoms with E-state index in [1.807, 2.05) is 12.1 Å². The highest BCUT2D eigenvalue weighted by Crippen LogP contribution is 2.32. The number of aliphatic hydroxyl groups excluding tert-OH is 1. The van der Waals surface area contributed by atoms with Gasteiger partial charge < -0.3 is 15.2 Å². The Morgan fingerprint density at radius 2 is 2.42 bits per heavy atom. The minimum Gasteiger partial charge on any atom is -0.484 e. The molecule has 0 radical (unpaired) electrons. The van der Waals surface area contributed by atoms with Crippen LogP contribution in [0.4, 0.5) is 0 Å². The van der Waals surface area contributed by atoms with Gasteiger partial charge in [-0.2, -0.15) is 5.26 Å². The van der Waals surface area contributed by atoms with Crippen molar-refractivity contribution in [2.45, 2.75) is 25.4 Å². The van der Waals surface area contributed by atoms with Crippen molar-refractivity contribution in [1.29, 1.82) is 5.26 Å². The molecule has 5 heteroatoms. The van der Waals surface area contributed by atoms with Crippen LogP contribution in [-0.4, -0.2) is 24.2 Å². The highest BCUT2D eigenvalue weighted by molar-refractivity contribution is 5.77. The number of nitrogens with one attached hydrogen (secondary N) is 1. The van der Waals surface area contributed by atoms with Gasteiger partial charge in [0.15, 0.2) is 6.61 Å². The fourth-order valence-electron chi connectivity index (χ4n) is 2.18. The molecule has 0 aromatic heterocycles. The first-order chi connectivity index (χ1) is 9.20. The molecule has 0 saturated heterocycles. The normalized spacial score (nSPS) is 17.2. The van der Waals surface area contributed by atoms with Gasteiger partial charge in [0.2, 0.25) is 0 Å².